The number of nitrogens with zero attached hydrogens (tertiary/aromatic N) is 1. The maximum Gasteiger partial charge on any atom is 0.238 e. The number of hydrogen-bond acceptors (Lipinski definition) is 4. The standard InChI is InChI=1S/C19H19N3O3/c20-12-10-19(24)22-16-8-6-15(7-9-16)14-21-18(23)11-13-25-17-4-2-1-3-5-17/h1-9H,10-11,13-14H2,(H,21,23)(H,22,24). The van der Waals surface area contributed by atoms with Crippen LogP contribution < -0.4 is 15.4 Å². The van der Waals surface area contributed by atoms with E-state index in [-0.39, 0.29) is 24.7 Å². The number of ether oxygens (including phenoxy) is 1. The van der Waals surface area contributed by atoms with Crippen molar-refractivity contribution < 1.29 is 14.3 Å². The quantitative estimate of drug-likeness (QED) is 0.774. The molecule has 2 rings (SSSR count). The van der Waals surface area contributed by atoms with Gasteiger partial charge in [0, 0.05) is 12.2 Å². The molecule has 0 aliphatic carbocycles. The van der Waals surface area contributed by atoms with Gasteiger partial charge < -0.3 is 15.4 Å². The molecule has 0 aliphatic heterocycles. The minimum Gasteiger partial charge on any atom is -0.493 e. The molecule has 128 valence electrons. The largest absolute Gasteiger partial charge is 0.493 e. The predicted octanol–water partition coefficient (Wildman–Crippen LogP) is 2.62. The molecule has 0 heterocycles. The van der Waals surface area contributed by atoms with Crippen molar-refractivity contribution in [2.24, 2.45) is 0 Å². The molecule has 2 aromatic rings. The number of para-hydroxylation sites is 1. The average Bonchev–Trinajstić information content (AvgIpc) is 2.62. The van der Waals surface area contributed by atoms with E-state index in [1.807, 2.05) is 42.5 Å². The topological polar surface area (TPSA) is 91.2 Å². The number of carbonyl (C=O) groups excluding carboxylic acids is 2. The summed E-state index contributed by atoms with van der Waals surface area (Å²) in [6.07, 6.45) is 0.0973. The Kier molecular flexibility index (Phi) is 7.01. The number of hydrogen-bond donors (Lipinski definition) is 2. The van der Waals surface area contributed by atoms with Gasteiger partial charge in [-0.05, 0) is 29.8 Å². The molecule has 25 heavy (non-hydrogen) atoms. The first-order valence-corrected chi connectivity index (χ1v) is 7.87. The molecule has 6 heteroatoms. The van der Waals surface area contributed by atoms with Crippen LogP contribution in [0.2, 0.25) is 0 Å². The number of anilines is 1. The lowest BCUT2D eigenvalue weighted by Crippen LogP contribution is -2.24. The summed E-state index contributed by atoms with van der Waals surface area (Å²) in [6, 6.07) is 18.2. The fourth-order valence-corrected chi connectivity index (χ4v) is 2.05. The van der Waals surface area contributed by atoms with E-state index < -0.39 is 0 Å². The summed E-state index contributed by atoms with van der Waals surface area (Å²) in [7, 11) is 0. The van der Waals surface area contributed by atoms with E-state index in [2.05, 4.69) is 10.6 Å². The molecule has 6 nitrogen and oxygen atoms in total. The van der Waals surface area contributed by atoms with Gasteiger partial charge in [-0.15, -0.1) is 0 Å². The van der Waals surface area contributed by atoms with Gasteiger partial charge in [-0.2, -0.15) is 5.26 Å². The second-order valence-corrected chi connectivity index (χ2v) is 5.27. The van der Waals surface area contributed by atoms with Crippen molar-refractivity contribution in [3.05, 3.63) is 60.2 Å². The van der Waals surface area contributed by atoms with Crippen molar-refractivity contribution in [2.45, 2.75) is 19.4 Å². The summed E-state index contributed by atoms with van der Waals surface area (Å²) in [5.41, 5.74) is 1.53. The molecule has 0 unspecified atom stereocenters. The molecule has 0 fully saturated rings. The number of nitriles is 1. The highest BCUT2D eigenvalue weighted by Gasteiger charge is 2.04. The monoisotopic (exact) mass is 337 g/mol. The first-order valence-electron chi connectivity index (χ1n) is 7.87. The van der Waals surface area contributed by atoms with Gasteiger partial charge in [0.1, 0.15) is 12.2 Å². The van der Waals surface area contributed by atoms with E-state index in [1.54, 1.807) is 18.2 Å². The summed E-state index contributed by atoms with van der Waals surface area (Å²) in [6.45, 7) is 0.719. The third kappa shape index (κ3) is 6.75. The molecule has 0 aliphatic rings. The van der Waals surface area contributed by atoms with Gasteiger partial charge in [0.25, 0.3) is 0 Å². The van der Waals surface area contributed by atoms with E-state index in [9.17, 15) is 9.59 Å². The minimum absolute atomic E-state index is 0.0951. The van der Waals surface area contributed by atoms with E-state index in [0.717, 1.165) is 11.3 Å². The third-order valence-corrected chi connectivity index (χ3v) is 3.31. The van der Waals surface area contributed by atoms with Crippen LogP contribution in [0.15, 0.2) is 54.6 Å². The Balaban J connectivity index is 1.69. The second-order valence-electron chi connectivity index (χ2n) is 5.27. The molecule has 0 atom stereocenters. The molecule has 0 radical (unpaired) electrons. The maximum atomic E-state index is 11.8. The number of amides is 2. The van der Waals surface area contributed by atoms with Crippen LogP contribution in [0.5, 0.6) is 5.75 Å². The SMILES string of the molecule is N#CCC(=O)Nc1ccc(CNC(=O)CCOc2ccccc2)cc1. The van der Waals surface area contributed by atoms with Crippen molar-refractivity contribution in [3.63, 3.8) is 0 Å². The van der Waals surface area contributed by atoms with Crippen molar-refractivity contribution in [2.75, 3.05) is 11.9 Å². The highest BCUT2D eigenvalue weighted by atomic mass is 16.5. The smallest absolute Gasteiger partial charge is 0.238 e. The van der Waals surface area contributed by atoms with Crippen LogP contribution in [-0.2, 0) is 16.1 Å². The highest BCUT2D eigenvalue weighted by Crippen LogP contribution is 2.10. The van der Waals surface area contributed by atoms with Crippen LogP contribution in [0.25, 0.3) is 0 Å². The Morgan fingerprint density at radius 1 is 1.00 bits per heavy atom. The zero-order valence-electron chi connectivity index (χ0n) is 13.7. The molecule has 2 aromatic carbocycles. The van der Waals surface area contributed by atoms with Crippen LogP contribution in [0.4, 0.5) is 5.69 Å². The fraction of sp³-hybridized carbons (Fsp3) is 0.211. The van der Waals surface area contributed by atoms with Crippen LogP contribution in [-0.4, -0.2) is 18.4 Å². The average molecular weight is 337 g/mol. The van der Waals surface area contributed by atoms with Crippen molar-refractivity contribution >= 4 is 17.5 Å². The molecule has 0 saturated carbocycles. The molecule has 2 amide bonds. The number of rotatable bonds is 8. The zero-order chi connectivity index (χ0) is 17.9. The summed E-state index contributed by atoms with van der Waals surface area (Å²) >= 11 is 0. The molecule has 0 bridgehead atoms. The Hall–Kier alpha value is -3.33. The van der Waals surface area contributed by atoms with Crippen LogP contribution in [0.3, 0.4) is 0 Å². The summed E-state index contributed by atoms with van der Waals surface area (Å²) < 4.78 is 5.48. The van der Waals surface area contributed by atoms with Gasteiger partial charge in [0.2, 0.25) is 11.8 Å². The Bertz CT molecular complexity index is 737. The van der Waals surface area contributed by atoms with E-state index in [4.69, 9.17) is 10.00 Å². The molecule has 0 saturated heterocycles. The predicted molar refractivity (Wildman–Crippen MR) is 93.7 cm³/mol. The van der Waals surface area contributed by atoms with Crippen molar-refractivity contribution in [3.8, 4) is 11.8 Å². The molecular formula is C19H19N3O3. The first-order chi connectivity index (χ1) is 12.2. The van der Waals surface area contributed by atoms with Crippen molar-refractivity contribution in [1.82, 2.24) is 5.32 Å². The van der Waals surface area contributed by atoms with Gasteiger partial charge >= 0.3 is 0 Å². The van der Waals surface area contributed by atoms with E-state index in [1.165, 1.54) is 0 Å². The van der Waals surface area contributed by atoms with Crippen molar-refractivity contribution in [1.29, 1.82) is 5.26 Å². The Morgan fingerprint density at radius 2 is 1.72 bits per heavy atom. The number of nitrogens with one attached hydrogen (secondary N) is 2. The zero-order valence-corrected chi connectivity index (χ0v) is 13.7. The van der Waals surface area contributed by atoms with Crippen LogP contribution in [0, 0.1) is 11.3 Å². The number of benzene rings is 2. The van der Waals surface area contributed by atoms with Gasteiger partial charge in [0.05, 0.1) is 19.1 Å². The first kappa shape index (κ1) is 18.0. The van der Waals surface area contributed by atoms with Gasteiger partial charge in [-0.1, -0.05) is 30.3 Å². The lowest BCUT2D eigenvalue weighted by Gasteiger charge is -2.08. The number of carbonyl (C=O) groups is 2. The fourth-order valence-electron chi connectivity index (χ4n) is 2.05. The second kappa shape index (κ2) is 9.73. The lowest BCUT2D eigenvalue weighted by molar-refractivity contribution is -0.121. The summed E-state index contributed by atoms with van der Waals surface area (Å²) in [5, 5.41) is 13.9. The van der Waals surface area contributed by atoms with E-state index >= 15 is 0 Å². The van der Waals surface area contributed by atoms with E-state index in [0.29, 0.717) is 18.8 Å². The van der Waals surface area contributed by atoms with Crippen LogP contribution in [0.1, 0.15) is 18.4 Å². The molecular weight excluding hydrogens is 318 g/mol. The van der Waals surface area contributed by atoms with Gasteiger partial charge in [-0.25, -0.2) is 0 Å². The Labute approximate surface area is 146 Å². The molecule has 0 spiro atoms. The van der Waals surface area contributed by atoms with Gasteiger partial charge in [-0.3, -0.25) is 9.59 Å². The van der Waals surface area contributed by atoms with Gasteiger partial charge in [0.15, 0.2) is 0 Å². The molecule has 2 N–H and O–H groups in total. The maximum absolute atomic E-state index is 11.8. The highest BCUT2D eigenvalue weighted by molar-refractivity contribution is 5.92. The van der Waals surface area contributed by atoms with Crippen LogP contribution >= 0.6 is 0 Å². The normalized spacial score (nSPS) is 9.72. The Morgan fingerprint density at radius 3 is 2.40 bits per heavy atom. The lowest BCUT2D eigenvalue weighted by atomic mass is 10.2. The molecule has 0 aromatic heterocycles. The minimum atomic E-state index is -0.345. The third-order valence-electron chi connectivity index (χ3n) is 3.31. The summed E-state index contributed by atoms with van der Waals surface area (Å²) in [4.78, 5) is 23.1. The summed E-state index contributed by atoms with van der Waals surface area (Å²) in [5.74, 6) is 0.300.